The van der Waals surface area contributed by atoms with Crippen LogP contribution >= 0.6 is 0 Å². The molecule has 0 aromatic rings. The molecule has 0 aliphatic rings. The molecule has 3 nitrogen and oxygen atoms in total. The molecule has 1 unspecified atom stereocenters. The van der Waals surface area contributed by atoms with Gasteiger partial charge in [0.25, 0.3) is 0 Å². The molecule has 0 N–H and O–H groups in total. The second-order valence-corrected chi connectivity index (χ2v) is 6.57. The molecule has 0 aliphatic heterocycles. The third kappa shape index (κ3) is 15.7. The summed E-state index contributed by atoms with van der Waals surface area (Å²) in [5, 5.41) is 11.1. The molecule has 0 rings (SSSR count). The van der Waals surface area contributed by atoms with E-state index in [-0.39, 0.29) is 29.6 Å². The first kappa shape index (κ1) is 25.7. The quantitative estimate of drug-likeness (QED) is 0.314. The minimum absolute atomic E-state index is 0. The number of hydrogen-bond acceptors (Lipinski definition) is 3. The van der Waals surface area contributed by atoms with E-state index >= 15 is 0 Å². The van der Waals surface area contributed by atoms with Crippen LogP contribution in [0.1, 0.15) is 97.8 Å². The normalized spacial score (nSPS) is 12.2. The molecule has 23 heavy (non-hydrogen) atoms. The van der Waals surface area contributed by atoms with E-state index in [4.69, 9.17) is 0 Å². The largest absolute Gasteiger partial charge is 1.00 e. The van der Waals surface area contributed by atoms with Gasteiger partial charge in [-0.25, -0.2) is 0 Å². The second-order valence-electron chi connectivity index (χ2n) is 6.57. The third-order valence-electron chi connectivity index (χ3n) is 4.49. The number of aliphatic carboxylic acids is 1. The number of carboxylic acids is 1. The van der Waals surface area contributed by atoms with Crippen LogP contribution in [0.25, 0.3) is 0 Å². The molecule has 0 saturated carbocycles. The van der Waals surface area contributed by atoms with Gasteiger partial charge >= 0.3 is 29.6 Å². The Hall–Kier alpha value is 0.430. The van der Waals surface area contributed by atoms with E-state index in [0.29, 0.717) is 0 Å². The van der Waals surface area contributed by atoms with Crippen LogP contribution in [0, 0.1) is 0 Å². The minimum Gasteiger partial charge on any atom is -0.548 e. The van der Waals surface area contributed by atoms with Crippen molar-refractivity contribution < 1.29 is 39.5 Å². The molecular formula is C19H38NNaO2. The van der Waals surface area contributed by atoms with Crippen LogP contribution in [-0.4, -0.2) is 30.0 Å². The van der Waals surface area contributed by atoms with Gasteiger partial charge in [-0.05, 0) is 32.9 Å². The summed E-state index contributed by atoms with van der Waals surface area (Å²) >= 11 is 0. The molecule has 0 fully saturated rings. The molecule has 0 aliphatic carbocycles. The first-order valence-corrected chi connectivity index (χ1v) is 9.58. The molecule has 0 amide bonds. The fourth-order valence-corrected chi connectivity index (χ4v) is 2.84. The van der Waals surface area contributed by atoms with Gasteiger partial charge in [0.1, 0.15) is 0 Å². The monoisotopic (exact) mass is 335 g/mol. The Balaban J connectivity index is 0. The van der Waals surface area contributed by atoms with E-state index in [0.717, 1.165) is 25.9 Å². The van der Waals surface area contributed by atoms with Crippen molar-refractivity contribution in [2.45, 2.75) is 104 Å². The smallest absolute Gasteiger partial charge is 0.548 e. The number of carbonyl (C=O) groups excluding carboxylic acids is 1. The Kier molecular flexibility index (Phi) is 20.9. The Labute approximate surface area is 166 Å². The molecule has 0 saturated heterocycles. The van der Waals surface area contributed by atoms with E-state index in [1.54, 1.807) is 6.92 Å². The van der Waals surface area contributed by atoms with Crippen molar-refractivity contribution in [2.24, 2.45) is 0 Å². The Bertz CT molecular complexity index is 246. The van der Waals surface area contributed by atoms with Crippen LogP contribution in [0.15, 0.2) is 0 Å². The molecule has 4 heteroatoms. The maximum atomic E-state index is 11.1. The van der Waals surface area contributed by atoms with Crippen molar-refractivity contribution in [2.75, 3.05) is 13.1 Å². The van der Waals surface area contributed by atoms with Gasteiger partial charge in [0.2, 0.25) is 0 Å². The summed E-state index contributed by atoms with van der Waals surface area (Å²) in [5.41, 5.74) is 0. The van der Waals surface area contributed by atoms with Crippen LogP contribution in [0.3, 0.4) is 0 Å². The Morgan fingerprint density at radius 2 is 1.13 bits per heavy atom. The van der Waals surface area contributed by atoms with E-state index in [9.17, 15) is 9.90 Å². The van der Waals surface area contributed by atoms with Crippen molar-refractivity contribution in [3.63, 3.8) is 0 Å². The van der Waals surface area contributed by atoms with Crippen LogP contribution in [-0.2, 0) is 4.79 Å². The van der Waals surface area contributed by atoms with Gasteiger partial charge in [0.15, 0.2) is 0 Å². The first-order chi connectivity index (χ1) is 10.6. The predicted octanol–water partition coefficient (Wildman–Crippen LogP) is 1.15. The molecule has 0 spiro atoms. The molecule has 0 aromatic heterocycles. The molecule has 132 valence electrons. The number of unbranched alkanes of at least 4 members (excludes halogenated alkanes) is 10. The van der Waals surface area contributed by atoms with Gasteiger partial charge in [-0.15, -0.1) is 0 Å². The molecule has 0 heterocycles. The van der Waals surface area contributed by atoms with Crippen LogP contribution < -0.4 is 34.7 Å². The van der Waals surface area contributed by atoms with Gasteiger partial charge in [-0.1, -0.05) is 78.1 Å². The van der Waals surface area contributed by atoms with Gasteiger partial charge < -0.3 is 9.90 Å². The summed E-state index contributed by atoms with van der Waals surface area (Å²) in [6, 6.07) is -0.453. The summed E-state index contributed by atoms with van der Waals surface area (Å²) in [5.74, 6) is -0.933. The standard InChI is InChI=1S/C19H39NO2.Na/c1-4-6-8-10-12-14-16-20(18(3)19(21)22)17-15-13-11-9-7-5-2;/h18H,4-17H2,1-3H3,(H,21,22);/q;+1/p-1. The minimum atomic E-state index is -0.933. The Morgan fingerprint density at radius 3 is 1.48 bits per heavy atom. The zero-order chi connectivity index (χ0) is 16.6. The van der Waals surface area contributed by atoms with Crippen LogP contribution in [0.5, 0.6) is 0 Å². The SMILES string of the molecule is CCCCCCCCN(CCCCCCCC)C(C)C(=O)[O-].[Na+]. The van der Waals surface area contributed by atoms with Crippen molar-refractivity contribution >= 4 is 5.97 Å². The molecule has 0 bridgehead atoms. The molecule has 0 radical (unpaired) electrons. The molecular weight excluding hydrogens is 297 g/mol. The van der Waals surface area contributed by atoms with Gasteiger partial charge in [-0.2, -0.15) is 0 Å². The topological polar surface area (TPSA) is 43.4 Å². The summed E-state index contributed by atoms with van der Waals surface area (Å²) in [4.78, 5) is 13.2. The number of carboxylic acid groups (broad SMARTS) is 1. The van der Waals surface area contributed by atoms with E-state index in [1.807, 2.05) is 0 Å². The van der Waals surface area contributed by atoms with Crippen LogP contribution in [0.4, 0.5) is 0 Å². The summed E-state index contributed by atoms with van der Waals surface area (Å²) in [6.07, 6.45) is 15.0. The third-order valence-corrected chi connectivity index (χ3v) is 4.49. The zero-order valence-corrected chi connectivity index (χ0v) is 18.2. The number of hydrogen-bond donors (Lipinski definition) is 0. The van der Waals surface area contributed by atoms with Gasteiger partial charge in [0, 0.05) is 6.04 Å². The summed E-state index contributed by atoms with van der Waals surface area (Å²) < 4.78 is 0. The Morgan fingerprint density at radius 1 is 0.783 bits per heavy atom. The maximum absolute atomic E-state index is 11.1. The maximum Gasteiger partial charge on any atom is 1.00 e. The fraction of sp³-hybridized carbons (Fsp3) is 0.947. The predicted molar refractivity (Wildman–Crippen MR) is 92.8 cm³/mol. The van der Waals surface area contributed by atoms with Crippen LogP contribution in [0.2, 0.25) is 0 Å². The zero-order valence-electron chi connectivity index (χ0n) is 16.2. The van der Waals surface area contributed by atoms with E-state index in [1.165, 1.54) is 64.2 Å². The van der Waals surface area contributed by atoms with Gasteiger partial charge in [0.05, 0.1) is 5.97 Å². The summed E-state index contributed by atoms with van der Waals surface area (Å²) in [6.45, 7) is 8.02. The fourth-order valence-electron chi connectivity index (χ4n) is 2.84. The average molecular weight is 336 g/mol. The number of nitrogens with zero attached hydrogens (tertiary/aromatic N) is 1. The second kappa shape index (κ2) is 18.8. The average Bonchev–Trinajstić information content (AvgIpc) is 2.51. The molecule has 0 aromatic carbocycles. The van der Waals surface area contributed by atoms with E-state index in [2.05, 4.69) is 18.7 Å². The first-order valence-electron chi connectivity index (χ1n) is 9.58. The van der Waals surface area contributed by atoms with Gasteiger partial charge in [-0.3, -0.25) is 4.90 Å². The number of carbonyl (C=O) groups is 1. The van der Waals surface area contributed by atoms with Crippen molar-refractivity contribution in [1.82, 2.24) is 4.90 Å². The van der Waals surface area contributed by atoms with Crippen molar-refractivity contribution in [3.05, 3.63) is 0 Å². The van der Waals surface area contributed by atoms with Crippen molar-refractivity contribution in [3.8, 4) is 0 Å². The van der Waals surface area contributed by atoms with Crippen molar-refractivity contribution in [1.29, 1.82) is 0 Å². The summed E-state index contributed by atoms with van der Waals surface area (Å²) in [7, 11) is 0. The number of rotatable bonds is 16. The molecule has 1 atom stereocenters. The van der Waals surface area contributed by atoms with E-state index < -0.39 is 12.0 Å².